The highest BCUT2D eigenvalue weighted by Gasteiger charge is 2.24. The molecule has 1 fully saturated rings. The molecule has 1 aliphatic rings. The van der Waals surface area contributed by atoms with Crippen LogP contribution >= 0.6 is 11.6 Å². The van der Waals surface area contributed by atoms with E-state index in [1.807, 2.05) is 6.07 Å². The summed E-state index contributed by atoms with van der Waals surface area (Å²) in [5, 5.41) is 12.4. The van der Waals surface area contributed by atoms with Crippen molar-refractivity contribution in [3.63, 3.8) is 0 Å². The number of H-pyrrole nitrogens is 1. The number of anilines is 2. The Morgan fingerprint density at radius 2 is 2.23 bits per heavy atom. The molecule has 6 nitrogen and oxygen atoms in total. The second-order valence-corrected chi connectivity index (χ2v) is 6.11. The fourth-order valence-corrected chi connectivity index (χ4v) is 3.46. The number of nitrogens with one attached hydrogen (secondary N) is 1. The molecule has 114 valence electrons. The molecule has 7 heteroatoms. The van der Waals surface area contributed by atoms with Gasteiger partial charge < -0.3 is 20.7 Å². The van der Waals surface area contributed by atoms with Gasteiger partial charge in [0.05, 0.1) is 40.1 Å². The van der Waals surface area contributed by atoms with Crippen LogP contribution in [0.4, 0.5) is 11.5 Å². The third-order valence-electron chi connectivity index (χ3n) is 4.17. The zero-order chi connectivity index (χ0) is 15.3. The summed E-state index contributed by atoms with van der Waals surface area (Å²) in [5.41, 5.74) is 8.36. The summed E-state index contributed by atoms with van der Waals surface area (Å²) in [6, 6.07) is 1.83. The Morgan fingerprint density at radius 3 is 3.05 bits per heavy atom. The van der Waals surface area contributed by atoms with Crippen LogP contribution in [0.3, 0.4) is 0 Å². The fourth-order valence-electron chi connectivity index (χ4n) is 3.20. The highest BCUT2D eigenvalue weighted by atomic mass is 35.5. The minimum atomic E-state index is -0.329. The number of β-amino-alcohol motifs (C(OH)–C–C–N with tert-alkyl or cyclic N) is 1. The Bertz CT molecular complexity index is 862. The number of aromatic nitrogens is 3. The third kappa shape index (κ3) is 2.07. The van der Waals surface area contributed by atoms with E-state index < -0.39 is 0 Å². The number of aromatic amines is 1. The van der Waals surface area contributed by atoms with E-state index in [4.69, 9.17) is 17.3 Å². The first-order valence-electron chi connectivity index (χ1n) is 7.28. The lowest BCUT2D eigenvalue weighted by Crippen LogP contribution is -2.38. The van der Waals surface area contributed by atoms with Crippen LogP contribution in [-0.2, 0) is 0 Å². The van der Waals surface area contributed by atoms with Gasteiger partial charge in [-0.25, -0.2) is 9.97 Å². The lowest BCUT2D eigenvalue weighted by molar-refractivity contribution is 0.154. The summed E-state index contributed by atoms with van der Waals surface area (Å²) in [5.74, 6) is 0.456. The van der Waals surface area contributed by atoms with Crippen LogP contribution in [0.5, 0.6) is 0 Å². The molecule has 0 bridgehead atoms. The third-order valence-corrected chi connectivity index (χ3v) is 4.44. The molecule has 0 spiro atoms. The van der Waals surface area contributed by atoms with Gasteiger partial charge in [0.15, 0.2) is 0 Å². The van der Waals surface area contributed by atoms with E-state index in [2.05, 4.69) is 19.9 Å². The Hall–Kier alpha value is -2.05. The first kappa shape index (κ1) is 13.6. The minimum absolute atomic E-state index is 0.329. The van der Waals surface area contributed by atoms with E-state index in [1.54, 1.807) is 12.4 Å². The number of nitrogens with zero attached hydrogens (tertiary/aromatic N) is 3. The quantitative estimate of drug-likeness (QED) is 0.640. The van der Waals surface area contributed by atoms with Crippen LogP contribution in [-0.4, -0.2) is 39.3 Å². The topological polar surface area (TPSA) is 91.1 Å². The molecule has 1 saturated heterocycles. The molecule has 3 aromatic rings. The normalized spacial score (nSPS) is 19.2. The van der Waals surface area contributed by atoms with Crippen molar-refractivity contribution < 1.29 is 5.11 Å². The number of piperidine rings is 1. The molecule has 0 unspecified atom stereocenters. The van der Waals surface area contributed by atoms with E-state index in [-0.39, 0.29) is 6.10 Å². The first-order valence-corrected chi connectivity index (χ1v) is 7.65. The Kier molecular flexibility index (Phi) is 3.09. The maximum atomic E-state index is 9.97. The predicted molar refractivity (Wildman–Crippen MR) is 88.3 cm³/mol. The number of aliphatic hydroxyl groups excluding tert-OH is 1. The standard InChI is InChI=1S/C15H16ClN5O/c16-10-5-19-15-13(9-4-12(17)18-6-11(9)20-15)14(10)21-3-1-2-8(22)7-21/h4-6,8,22H,1-3,7H2,(H2,17,18)(H,19,20)/t8-/m1/s1. The molecular formula is C15H16ClN5O. The molecule has 0 saturated carbocycles. The SMILES string of the molecule is Nc1cc2c(cn1)[nH]c1ncc(Cl)c(N3CCC[C@@H](O)C3)c12. The largest absolute Gasteiger partial charge is 0.391 e. The van der Waals surface area contributed by atoms with E-state index in [0.29, 0.717) is 17.4 Å². The van der Waals surface area contributed by atoms with Gasteiger partial charge in [0.2, 0.25) is 0 Å². The summed E-state index contributed by atoms with van der Waals surface area (Å²) in [4.78, 5) is 13.9. The molecular weight excluding hydrogens is 302 g/mol. The lowest BCUT2D eigenvalue weighted by atomic mass is 10.1. The lowest BCUT2D eigenvalue weighted by Gasteiger charge is -2.33. The van der Waals surface area contributed by atoms with Crippen molar-refractivity contribution in [2.45, 2.75) is 18.9 Å². The van der Waals surface area contributed by atoms with Crippen molar-refractivity contribution in [1.29, 1.82) is 0 Å². The number of nitrogen functional groups attached to an aromatic ring is 1. The molecule has 0 amide bonds. The zero-order valence-corrected chi connectivity index (χ0v) is 12.6. The van der Waals surface area contributed by atoms with Gasteiger partial charge in [-0.2, -0.15) is 0 Å². The van der Waals surface area contributed by atoms with Gasteiger partial charge >= 0.3 is 0 Å². The van der Waals surface area contributed by atoms with Crippen LogP contribution in [0, 0.1) is 0 Å². The van der Waals surface area contributed by atoms with Crippen molar-refractivity contribution in [2.24, 2.45) is 0 Å². The molecule has 22 heavy (non-hydrogen) atoms. The zero-order valence-electron chi connectivity index (χ0n) is 11.9. The second kappa shape index (κ2) is 5.00. The van der Waals surface area contributed by atoms with Gasteiger partial charge in [0.1, 0.15) is 11.5 Å². The Labute approximate surface area is 131 Å². The van der Waals surface area contributed by atoms with Gasteiger partial charge in [-0.05, 0) is 18.9 Å². The van der Waals surface area contributed by atoms with Crippen molar-refractivity contribution in [3.8, 4) is 0 Å². The molecule has 1 atom stereocenters. The molecule has 0 aliphatic carbocycles. The molecule has 0 aromatic carbocycles. The summed E-state index contributed by atoms with van der Waals surface area (Å²) in [6.45, 7) is 1.44. The average molecular weight is 318 g/mol. The predicted octanol–water partition coefficient (Wildman–Crippen LogP) is 2.31. The number of nitrogens with two attached hydrogens (primary N) is 1. The molecule has 4 heterocycles. The summed E-state index contributed by atoms with van der Waals surface area (Å²) in [6.07, 6.45) is 4.78. The van der Waals surface area contributed by atoms with Crippen LogP contribution < -0.4 is 10.6 Å². The van der Waals surface area contributed by atoms with Crippen molar-refractivity contribution in [2.75, 3.05) is 23.7 Å². The van der Waals surface area contributed by atoms with E-state index in [9.17, 15) is 5.11 Å². The number of hydrogen-bond acceptors (Lipinski definition) is 5. The van der Waals surface area contributed by atoms with Gasteiger partial charge in [-0.3, -0.25) is 0 Å². The van der Waals surface area contributed by atoms with Gasteiger partial charge in [0, 0.05) is 18.5 Å². The monoisotopic (exact) mass is 317 g/mol. The highest BCUT2D eigenvalue weighted by molar-refractivity contribution is 6.35. The number of aliphatic hydroxyl groups is 1. The molecule has 1 aliphatic heterocycles. The number of hydrogen-bond donors (Lipinski definition) is 3. The summed E-state index contributed by atoms with van der Waals surface area (Å²) < 4.78 is 0. The van der Waals surface area contributed by atoms with Crippen molar-refractivity contribution >= 4 is 45.0 Å². The average Bonchev–Trinajstić information content (AvgIpc) is 2.85. The number of pyridine rings is 2. The maximum Gasteiger partial charge on any atom is 0.140 e. The number of halogens is 1. The first-order chi connectivity index (χ1) is 10.6. The van der Waals surface area contributed by atoms with Crippen LogP contribution in [0.25, 0.3) is 21.9 Å². The van der Waals surface area contributed by atoms with E-state index in [0.717, 1.165) is 47.0 Å². The van der Waals surface area contributed by atoms with Gasteiger partial charge in [-0.1, -0.05) is 11.6 Å². The number of rotatable bonds is 1. The van der Waals surface area contributed by atoms with E-state index in [1.165, 1.54) is 0 Å². The fraction of sp³-hybridized carbons (Fsp3) is 0.333. The highest BCUT2D eigenvalue weighted by Crippen LogP contribution is 2.39. The van der Waals surface area contributed by atoms with Gasteiger partial charge in [0.25, 0.3) is 0 Å². The molecule has 4 N–H and O–H groups in total. The second-order valence-electron chi connectivity index (χ2n) is 5.70. The summed E-state index contributed by atoms with van der Waals surface area (Å²) >= 11 is 6.43. The van der Waals surface area contributed by atoms with Crippen LogP contribution in [0.15, 0.2) is 18.5 Å². The molecule has 4 rings (SSSR count). The smallest absolute Gasteiger partial charge is 0.140 e. The maximum absolute atomic E-state index is 9.97. The molecule has 0 radical (unpaired) electrons. The molecule has 3 aromatic heterocycles. The Morgan fingerprint density at radius 1 is 1.36 bits per heavy atom. The Balaban J connectivity index is 2.01. The van der Waals surface area contributed by atoms with Crippen molar-refractivity contribution in [1.82, 2.24) is 15.0 Å². The van der Waals surface area contributed by atoms with Gasteiger partial charge in [-0.15, -0.1) is 0 Å². The minimum Gasteiger partial charge on any atom is -0.391 e. The summed E-state index contributed by atoms with van der Waals surface area (Å²) in [7, 11) is 0. The van der Waals surface area contributed by atoms with Crippen LogP contribution in [0.2, 0.25) is 5.02 Å². The van der Waals surface area contributed by atoms with Crippen LogP contribution in [0.1, 0.15) is 12.8 Å². The number of fused-ring (bicyclic) bond motifs is 3. The van der Waals surface area contributed by atoms with E-state index >= 15 is 0 Å². The van der Waals surface area contributed by atoms with Crippen molar-refractivity contribution in [3.05, 3.63) is 23.5 Å².